The van der Waals surface area contributed by atoms with E-state index in [1.54, 1.807) is 0 Å². The summed E-state index contributed by atoms with van der Waals surface area (Å²) in [5, 5.41) is 17.1. The normalized spacial score (nSPS) is 11.1. The van der Waals surface area contributed by atoms with Gasteiger partial charge in [0.1, 0.15) is 0 Å². The molecule has 0 heterocycles. The van der Waals surface area contributed by atoms with Gasteiger partial charge in [0.2, 0.25) is 0 Å². The SMILES string of the molecule is CC(C)(C)NC(=O)c1ccc([N+](=O)[O-])cc1NCCc1ccc(Br)cc1. The average Bonchev–Trinajstić information content (AvgIpc) is 2.55. The van der Waals surface area contributed by atoms with Gasteiger partial charge in [-0.15, -0.1) is 0 Å². The van der Waals surface area contributed by atoms with Crippen LogP contribution in [0.2, 0.25) is 0 Å². The summed E-state index contributed by atoms with van der Waals surface area (Å²) in [5.74, 6) is -0.265. The van der Waals surface area contributed by atoms with E-state index in [0.717, 1.165) is 16.5 Å². The lowest BCUT2D eigenvalue weighted by Gasteiger charge is -2.21. The van der Waals surface area contributed by atoms with E-state index in [-0.39, 0.29) is 11.6 Å². The smallest absolute Gasteiger partial charge is 0.271 e. The third-order valence-electron chi connectivity index (χ3n) is 3.59. The molecule has 26 heavy (non-hydrogen) atoms. The van der Waals surface area contributed by atoms with Crippen LogP contribution in [-0.4, -0.2) is 22.9 Å². The van der Waals surface area contributed by atoms with Crippen LogP contribution in [-0.2, 0) is 6.42 Å². The number of nitrogens with one attached hydrogen (secondary N) is 2. The molecule has 0 unspecified atom stereocenters. The fourth-order valence-electron chi connectivity index (χ4n) is 2.39. The third kappa shape index (κ3) is 5.84. The van der Waals surface area contributed by atoms with E-state index in [4.69, 9.17) is 0 Å². The van der Waals surface area contributed by atoms with Crippen molar-refractivity contribution in [2.75, 3.05) is 11.9 Å². The van der Waals surface area contributed by atoms with Gasteiger partial charge in [-0.25, -0.2) is 0 Å². The number of nitro groups is 1. The van der Waals surface area contributed by atoms with Crippen molar-refractivity contribution in [2.24, 2.45) is 0 Å². The molecule has 0 saturated heterocycles. The summed E-state index contributed by atoms with van der Waals surface area (Å²) in [6.45, 7) is 6.21. The van der Waals surface area contributed by atoms with Gasteiger partial charge in [-0.1, -0.05) is 28.1 Å². The fourth-order valence-corrected chi connectivity index (χ4v) is 2.65. The predicted octanol–water partition coefficient (Wildman–Crippen LogP) is 4.54. The topological polar surface area (TPSA) is 84.3 Å². The molecule has 7 heteroatoms. The van der Waals surface area contributed by atoms with E-state index < -0.39 is 10.5 Å². The maximum Gasteiger partial charge on any atom is 0.271 e. The van der Waals surface area contributed by atoms with Gasteiger partial charge in [0.25, 0.3) is 11.6 Å². The highest BCUT2D eigenvalue weighted by Crippen LogP contribution is 2.23. The maximum atomic E-state index is 12.5. The molecule has 0 aromatic heterocycles. The van der Waals surface area contributed by atoms with E-state index in [9.17, 15) is 14.9 Å². The molecule has 0 atom stereocenters. The van der Waals surface area contributed by atoms with Crippen molar-refractivity contribution in [3.05, 3.63) is 68.2 Å². The molecule has 0 radical (unpaired) electrons. The Morgan fingerprint density at radius 1 is 1.15 bits per heavy atom. The number of rotatable bonds is 6. The molecule has 6 nitrogen and oxygen atoms in total. The van der Waals surface area contributed by atoms with Crippen molar-refractivity contribution < 1.29 is 9.72 Å². The largest absolute Gasteiger partial charge is 0.384 e. The highest BCUT2D eigenvalue weighted by atomic mass is 79.9. The van der Waals surface area contributed by atoms with E-state index in [1.165, 1.54) is 18.2 Å². The van der Waals surface area contributed by atoms with Gasteiger partial charge < -0.3 is 10.6 Å². The monoisotopic (exact) mass is 419 g/mol. The summed E-state index contributed by atoms with van der Waals surface area (Å²) < 4.78 is 1.01. The van der Waals surface area contributed by atoms with Crippen molar-refractivity contribution in [1.82, 2.24) is 5.32 Å². The fraction of sp³-hybridized carbons (Fsp3) is 0.316. The van der Waals surface area contributed by atoms with Gasteiger partial charge in [-0.05, 0) is 51.0 Å². The first-order valence-corrected chi connectivity index (χ1v) is 9.04. The van der Waals surface area contributed by atoms with Crippen LogP contribution in [0.3, 0.4) is 0 Å². The zero-order valence-corrected chi connectivity index (χ0v) is 16.6. The summed E-state index contributed by atoms with van der Waals surface area (Å²) in [7, 11) is 0. The minimum absolute atomic E-state index is 0.0524. The summed E-state index contributed by atoms with van der Waals surface area (Å²) in [4.78, 5) is 23.1. The molecule has 0 spiro atoms. The van der Waals surface area contributed by atoms with Crippen LogP contribution in [0.4, 0.5) is 11.4 Å². The Hall–Kier alpha value is -2.41. The Bertz CT molecular complexity index is 799. The highest BCUT2D eigenvalue weighted by Gasteiger charge is 2.20. The summed E-state index contributed by atoms with van der Waals surface area (Å²) >= 11 is 3.40. The van der Waals surface area contributed by atoms with Gasteiger partial charge >= 0.3 is 0 Å². The first-order valence-electron chi connectivity index (χ1n) is 8.25. The van der Waals surface area contributed by atoms with E-state index >= 15 is 0 Å². The van der Waals surface area contributed by atoms with Gasteiger partial charge in [-0.3, -0.25) is 14.9 Å². The number of halogens is 1. The number of non-ortho nitro benzene ring substituents is 1. The van der Waals surface area contributed by atoms with Gasteiger partial charge in [0.05, 0.1) is 16.2 Å². The number of benzene rings is 2. The zero-order chi connectivity index (χ0) is 19.3. The van der Waals surface area contributed by atoms with Crippen LogP contribution < -0.4 is 10.6 Å². The number of nitro benzene ring substituents is 1. The van der Waals surface area contributed by atoms with Crippen molar-refractivity contribution in [3.8, 4) is 0 Å². The Morgan fingerprint density at radius 3 is 2.38 bits per heavy atom. The molecule has 0 aliphatic heterocycles. The van der Waals surface area contributed by atoms with Crippen LogP contribution in [0.5, 0.6) is 0 Å². The molecule has 2 N–H and O–H groups in total. The summed E-state index contributed by atoms with van der Waals surface area (Å²) in [6.07, 6.45) is 0.732. The lowest BCUT2D eigenvalue weighted by atomic mass is 10.1. The molecule has 0 aliphatic carbocycles. The number of hydrogen-bond donors (Lipinski definition) is 2. The third-order valence-corrected chi connectivity index (χ3v) is 4.12. The van der Waals surface area contributed by atoms with Gasteiger partial charge in [0.15, 0.2) is 0 Å². The zero-order valence-electron chi connectivity index (χ0n) is 15.0. The van der Waals surface area contributed by atoms with Crippen LogP contribution in [0.15, 0.2) is 46.9 Å². The summed E-state index contributed by atoms with van der Waals surface area (Å²) in [6, 6.07) is 12.2. The molecule has 2 aromatic carbocycles. The van der Waals surface area contributed by atoms with Crippen LogP contribution in [0, 0.1) is 10.1 Å². The van der Waals surface area contributed by atoms with Gasteiger partial charge in [0, 0.05) is 28.7 Å². The number of nitrogens with zero attached hydrogens (tertiary/aromatic N) is 1. The molecule has 0 saturated carbocycles. The molecule has 0 bridgehead atoms. The second-order valence-corrected chi connectivity index (χ2v) is 7.91. The van der Waals surface area contributed by atoms with Crippen molar-refractivity contribution in [3.63, 3.8) is 0 Å². The number of carbonyl (C=O) groups is 1. The molecular formula is C19H22BrN3O3. The number of carbonyl (C=O) groups excluding carboxylic acids is 1. The van der Waals surface area contributed by atoms with Crippen LogP contribution in [0.1, 0.15) is 36.7 Å². The van der Waals surface area contributed by atoms with E-state index in [0.29, 0.717) is 17.8 Å². The van der Waals surface area contributed by atoms with E-state index in [2.05, 4.69) is 26.6 Å². The van der Waals surface area contributed by atoms with Gasteiger partial charge in [-0.2, -0.15) is 0 Å². The maximum absolute atomic E-state index is 12.5. The summed E-state index contributed by atoms with van der Waals surface area (Å²) in [5.41, 5.74) is 1.53. The number of anilines is 1. The first kappa shape index (κ1) is 19.9. The van der Waals surface area contributed by atoms with Crippen LogP contribution >= 0.6 is 15.9 Å². The predicted molar refractivity (Wildman–Crippen MR) is 107 cm³/mol. The molecule has 2 rings (SSSR count). The Kier molecular flexibility index (Phi) is 6.37. The second kappa shape index (κ2) is 8.31. The van der Waals surface area contributed by atoms with E-state index in [1.807, 2.05) is 45.0 Å². The second-order valence-electron chi connectivity index (χ2n) is 6.99. The molecular weight excluding hydrogens is 398 g/mol. The standard InChI is InChI=1S/C19H22BrN3O3/c1-19(2,3)22-18(24)16-9-8-15(23(25)26)12-17(16)21-11-10-13-4-6-14(20)7-5-13/h4-9,12,21H,10-11H2,1-3H3,(H,22,24). The lowest BCUT2D eigenvalue weighted by molar-refractivity contribution is -0.384. The average molecular weight is 420 g/mol. The molecule has 0 aliphatic rings. The number of hydrogen-bond acceptors (Lipinski definition) is 4. The highest BCUT2D eigenvalue weighted by molar-refractivity contribution is 9.10. The lowest BCUT2D eigenvalue weighted by Crippen LogP contribution is -2.40. The first-order chi connectivity index (χ1) is 12.2. The molecule has 0 fully saturated rings. The molecule has 138 valence electrons. The number of amides is 1. The van der Waals surface area contributed by atoms with Crippen molar-refractivity contribution in [2.45, 2.75) is 32.7 Å². The molecule has 2 aromatic rings. The Balaban J connectivity index is 2.17. The van der Waals surface area contributed by atoms with Crippen molar-refractivity contribution in [1.29, 1.82) is 0 Å². The van der Waals surface area contributed by atoms with Crippen LogP contribution in [0.25, 0.3) is 0 Å². The quantitative estimate of drug-likeness (QED) is 0.531. The minimum atomic E-state index is -0.467. The molecule has 1 amide bonds. The Labute approximate surface area is 161 Å². The minimum Gasteiger partial charge on any atom is -0.384 e. The Morgan fingerprint density at radius 2 is 1.81 bits per heavy atom. The van der Waals surface area contributed by atoms with Crippen molar-refractivity contribution >= 4 is 33.2 Å².